The summed E-state index contributed by atoms with van der Waals surface area (Å²) in [7, 11) is 0. The number of hydrogen-bond donors (Lipinski definition) is 1. The van der Waals surface area contributed by atoms with Crippen molar-refractivity contribution in [3.63, 3.8) is 0 Å². The summed E-state index contributed by atoms with van der Waals surface area (Å²) in [5.74, 6) is 1.37. The number of para-hydroxylation sites is 1. The Kier molecular flexibility index (Phi) is 6.88. The first kappa shape index (κ1) is 19.0. The highest BCUT2D eigenvalue weighted by Crippen LogP contribution is 2.37. The fraction of sp³-hybridized carbons (Fsp3) is 0.136. The molecule has 0 atom stereocenters. The minimum atomic E-state index is 0.475. The second kappa shape index (κ2) is 9.78. The molecular weight excluding hydrogens is 404 g/mol. The number of hydrazone groups is 1. The molecule has 0 heterocycles. The van der Waals surface area contributed by atoms with Crippen LogP contribution < -0.4 is 14.9 Å². The molecule has 0 radical (unpaired) electrons. The van der Waals surface area contributed by atoms with Gasteiger partial charge in [0.25, 0.3) is 0 Å². The zero-order valence-corrected chi connectivity index (χ0v) is 16.6. The third-order valence-corrected chi connectivity index (χ3v) is 4.33. The Morgan fingerprint density at radius 2 is 1.67 bits per heavy atom. The predicted octanol–water partition coefficient (Wildman–Crippen LogP) is 5.87. The van der Waals surface area contributed by atoms with Crippen LogP contribution in [-0.2, 0) is 6.61 Å². The molecule has 0 aliphatic heterocycles. The largest absolute Gasteiger partial charge is 0.490 e. The van der Waals surface area contributed by atoms with Gasteiger partial charge >= 0.3 is 0 Å². The summed E-state index contributed by atoms with van der Waals surface area (Å²) in [6, 6.07) is 23.7. The summed E-state index contributed by atoms with van der Waals surface area (Å²) in [4.78, 5) is 0. The van der Waals surface area contributed by atoms with Gasteiger partial charge in [-0.3, -0.25) is 5.43 Å². The van der Waals surface area contributed by atoms with Crippen LogP contribution in [-0.4, -0.2) is 12.8 Å². The van der Waals surface area contributed by atoms with E-state index in [2.05, 4.69) is 26.5 Å². The molecule has 0 saturated heterocycles. The smallest absolute Gasteiger partial charge is 0.175 e. The molecule has 3 aromatic rings. The van der Waals surface area contributed by atoms with E-state index in [0.717, 1.165) is 21.3 Å². The van der Waals surface area contributed by atoms with Gasteiger partial charge in [-0.25, -0.2) is 0 Å². The Bertz CT molecular complexity index is 884. The molecule has 0 unspecified atom stereocenters. The Balaban J connectivity index is 1.75. The van der Waals surface area contributed by atoms with E-state index < -0.39 is 0 Å². The summed E-state index contributed by atoms with van der Waals surface area (Å²) < 4.78 is 12.6. The van der Waals surface area contributed by atoms with Gasteiger partial charge in [-0.05, 0) is 58.2 Å². The fourth-order valence-corrected chi connectivity index (χ4v) is 3.06. The number of benzene rings is 3. The van der Waals surface area contributed by atoms with Gasteiger partial charge in [0.15, 0.2) is 11.5 Å². The van der Waals surface area contributed by atoms with Gasteiger partial charge in [-0.15, -0.1) is 0 Å². The van der Waals surface area contributed by atoms with Gasteiger partial charge in [0.1, 0.15) is 6.61 Å². The van der Waals surface area contributed by atoms with Gasteiger partial charge in [-0.1, -0.05) is 48.5 Å². The van der Waals surface area contributed by atoms with E-state index in [-0.39, 0.29) is 0 Å². The standard InChI is InChI=1S/C22H21BrN2O2/c1-2-26-21-14-18(15-24-25-19-11-7-4-8-12-19)13-20(23)22(21)27-16-17-9-5-3-6-10-17/h3-15,25H,2,16H2,1H3/b24-15+. The predicted molar refractivity (Wildman–Crippen MR) is 114 cm³/mol. The van der Waals surface area contributed by atoms with E-state index in [1.807, 2.05) is 79.7 Å². The van der Waals surface area contributed by atoms with Crippen molar-refractivity contribution in [2.45, 2.75) is 13.5 Å². The number of rotatable bonds is 8. The van der Waals surface area contributed by atoms with Crippen molar-refractivity contribution in [3.8, 4) is 11.5 Å². The van der Waals surface area contributed by atoms with Crippen LogP contribution in [0.3, 0.4) is 0 Å². The molecule has 27 heavy (non-hydrogen) atoms. The van der Waals surface area contributed by atoms with Crippen LogP contribution in [0, 0.1) is 0 Å². The lowest BCUT2D eigenvalue weighted by Crippen LogP contribution is -2.01. The Hall–Kier alpha value is -2.79. The van der Waals surface area contributed by atoms with Crippen molar-refractivity contribution in [1.82, 2.24) is 0 Å². The summed E-state index contributed by atoms with van der Waals surface area (Å²) >= 11 is 3.59. The maximum absolute atomic E-state index is 6.00. The van der Waals surface area contributed by atoms with E-state index in [1.165, 1.54) is 0 Å². The number of ether oxygens (including phenoxy) is 2. The summed E-state index contributed by atoms with van der Waals surface area (Å²) in [6.45, 7) is 2.98. The highest BCUT2D eigenvalue weighted by Gasteiger charge is 2.12. The number of anilines is 1. The van der Waals surface area contributed by atoms with E-state index in [9.17, 15) is 0 Å². The summed E-state index contributed by atoms with van der Waals surface area (Å²) in [5, 5.41) is 4.29. The summed E-state index contributed by atoms with van der Waals surface area (Å²) in [6.07, 6.45) is 1.75. The molecule has 0 aliphatic rings. The zero-order chi connectivity index (χ0) is 18.9. The lowest BCUT2D eigenvalue weighted by molar-refractivity contribution is 0.267. The molecule has 3 aromatic carbocycles. The third kappa shape index (κ3) is 5.59. The van der Waals surface area contributed by atoms with Gasteiger partial charge in [0.2, 0.25) is 0 Å². The SMILES string of the molecule is CCOc1cc(/C=N/Nc2ccccc2)cc(Br)c1OCc1ccccc1. The fourth-order valence-electron chi connectivity index (χ4n) is 2.49. The van der Waals surface area contributed by atoms with Crippen molar-refractivity contribution in [2.24, 2.45) is 5.10 Å². The number of nitrogens with one attached hydrogen (secondary N) is 1. The van der Waals surface area contributed by atoms with Crippen LogP contribution in [0.25, 0.3) is 0 Å². The van der Waals surface area contributed by atoms with Crippen LogP contribution >= 0.6 is 15.9 Å². The second-order valence-electron chi connectivity index (χ2n) is 5.77. The Labute approximate surface area is 168 Å². The molecule has 3 rings (SSSR count). The Morgan fingerprint density at radius 1 is 0.963 bits per heavy atom. The molecule has 0 spiro atoms. The van der Waals surface area contributed by atoms with Crippen molar-refractivity contribution >= 4 is 27.8 Å². The molecule has 138 valence electrons. The van der Waals surface area contributed by atoms with Gasteiger partial charge in [-0.2, -0.15) is 5.10 Å². The van der Waals surface area contributed by atoms with Crippen molar-refractivity contribution in [2.75, 3.05) is 12.0 Å². The van der Waals surface area contributed by atoms with Gasteiger partial charge in [0, 0.05) is 0 Å². The van der Waals surface area contributed by atoms with Crippen LogP contribution in [0.4, 0.5) is 5.69 Å². The molecule has 0 amide bonds. The number of nitrogens with zero attached hydrogens (tertiary/aromatic N) is 1. The maximum Gasteiger partial charge on any atom is 0.175 e. The first-order valence-electron chi connectivity index (χ1n) is 8.73. The molecule has 1 N–H and O–H groups in total. The highest BCUT2D eigenvalue weighted by atomic mass is 79.9. The van der Waals surface area contributed by atoms with Crippen LogP contribution in [0.5, 0.6) is 11.5 Å². The molecular formula is C22H21BrN2O2. The summed E-state index contributed by atoms with van der Waals surface area (Å²) in [5.41, 5.74) is 5.94. The van der Waals surface area contributed by atoms with Crippen LogP contribution in [0.15, 0.2) is 82.4 Å². The van der Waals surface area contributed by atoms with Crippen molar-refractivity contribution < 1.29 is 9.47 Å². The molecule has 0 fully saturated rings. The average molecular weight is 425 g/mol. The second-order valence-corrected chi connectivity index (χ2v) is 6.63. The van der Waals surface area contributed by atoms with Gasteiger partial charge in [0.05, 0.1) is 23.0 Å². The van der Waals surface area contributed by atoms with Gasteiger partial charge < -0.3 is 9.47 Å². The maximum atomic E-state index is 6.00. The van der Waals surface area contributed by atoms with Crippen LogP contribution in [0.1, 0.15) is 18.1 Å². The zero-order valence-electron chi connectivity index (χ0n) is 15.1. The first-order chi connectivity index (χ1) is 13.3. The minimum absolute atomic E-state index is 0.475. The molecule has 0 bridgehead atoms. The van der Waals surface area contributed by atoms with Crippen molar-refractivity contribution in [1.29, 1.82) is 0 Å². The molecule has 0 saturated carbocycles. The minimum Gasteiger partial charge on any atom is -0.490 e. The van der Waals surface area contributed by atoms with E-state index >= 15 is 0 Å². The lowest BCUT2D eigenvalue weighted by Gasteiger charge is -2.14. The highest BCUT2D eigenvalue weighted by molar-refractivity contribution is 9.10. The van der Waals surface area contributed by atoms with E-state index in [4.69, 9.17) is 9.47 Å². The van der Waals surface area contributed by atoms with E-state index in [0.29, 0.717) is 24.7 Å². The first-order valence-corrected chi connectivity index (χ1v) is 9.52. The van der Waals surface area contributed by atoms with Crippen molar-refractivity contribution in [3.05, 3.63) is 88.4 Å². The van der Waals surface area contributed by atoms with Crippen LogP contribution in [0.2, 0.25) is 0 Å². The lowest BCUT2D eigenvalue weighted by atomic mass is 10.2. The quantitative estimate of drug-likeness (QED) is 0.363. The number of hydrogen-bond acceptors (Lipinski definition) is 4. The average Bonchev–Trinajstić information content (AvgIpc) is 2.69. The third-order valence-electron chi connectivity index (χ3n) is 3.74. The molecule has 4 nitrogen and oxygen atoms in total. The monoisotopic (exact) mass is 424 g/mol. The topological polar surface area (TPSA) is 42.8 Å². The number of halogens is 1. The molecule has 0 aliphatic carbocycles. The normalized spacial score (nSPS) is 10.7. The Morgan fingerprint density at radius 3 is 2.37 bits per heavy atom. The molecule has 5 heteroatoms. The molecule has 0 aromatic heterocycles. The van der Waals surface area contributed by atoms with E-state index in [1.54, 1.807) is 6.21 Å².